The van der Waals surface area contributed by atoms with E-state index in [2.05, 4.69) is 27.4 Å². The monoisotopic (exact) mass is 213 g/mol. The summed E-state index contributed by atoms with van der Waals surface area (Å²) < 4.78 is 5.00. The van der Waals surface area contributed by atoms with Gasteiger partial charge in [0.2, 0.25) is 0 Å². The van der Waals surface area contributed by atoms with Crippen molar-refractivity contribution in [1.29, 1.82) is 0 Å². The second kappa shape index (κ2) is 6.62. The van der Waals surface area contributed by atoms with Gasteiger partial charge in [-0.15, -0.1) is 0 Å². The fourth-order valence-electron chi connectivity index (χ4n) is 1.85. The average molecular weight is 213 g/mol. The predicted octanol–water partition coefficient (Wildman–Crippen LogP) is 2.26. The maximum Gasteiger partial charge on any atom is 0.334 e. The first-order chi connectivity index (χ1) is 7.07. The SMILES string of the molecule is C=C(C(=O)OCCN)C(CC)(CC)CC. The van der Waals surface area contributed by atoms with E-state index < -0.39 is 0 Å². The molecule has 0 atom stereocenters. The van der Waals surface area contributed by atoms with E-state index >= 15 is 0 Å². The highest BCUT2D eigenvalue weighted by molar-refractivity contribution is 5.89. The molecule has 0 aromatic rings. The number of carbonyl (C=O) groups excluding carboxylic acids is 1. The summed E-state index contributed by atoms with van der Waals surface area (Å²) in [7, 11) is 0. The number of nitrogens with two attached hydrogens (primary N) is 1. The highest BCUT2D eigenvalue weighted by Gasteiger charge is 2.32. The van der Waals surface area contributed by atoms with Crippen molar-refractivity contribution >= 4 is 5.97 Å². The zero-order valence-corrected chi connectivity index (χ0v) is 10.1. The summed E-state index contributed by atoms with van der Waals surface area (Å²) in [5.41, 5.74) is 5.76. The summed E-state index contributed by atoms with van der Waals surface area (Å²) >= 11 is 0. The predicted molar refractivity (Wildman–Crippen MR) is 62.5 cm³/mol. The minimum atomic E-state index is -0.300. The third-order valence-electron chi connectivity index (χ3n) is 3.27. The lowest BCUT2D eigenvalue weighted by atomic mass is 9.74. The van der Waals surface area contributed by atoms with Gasteiger partial charge >= 0.3 is 5.97 Å². The second-order valence-corrected chi connectivity index (χ2v) is 3.74. The van der Waals surface area contributed by atoms with E-state index in [4.69, 9.17) is 10.5 Å². The van der Waals surface area contributed by atoms with E-state index in [1.807, 2.05) is 0 Å². The number of esters is 1. The van der Waals surface area contributed by atoms with Gasteiger partial charge in [0.15, 0.2) is 0 Å². The molecule has 3 heteroatoms. The second-order valence-electron chi connectivity index (χ2n) is 3.74. The molecule has 0 aliphatic rings. The van der Waals surface area contributed by atoms with Crippen molar-refractivity contribution < 1.29 is 9.53 Å². The first kappa shape index (κ1) is 14.2. The van der Waals surface area contributed by atoms with Crippen LogP contribution in [0.4, 0.5) is 0 Å². The number of hydrogen-bond acceptors (Lipinski definition) is 3. The van der Waals surface area contributed by atoms with E-state index in [-0.39, 0.29) is 18.0 Å². The van der Waals surface area contributed by atoms with E-state index in [1.165, 1.54) is 0 Å². The molecular weight excluding hydrogens is 190 g/mol. The lowest BCUT2D eigenvalue weighted by Gasteiger charge is -2.31. The molecule has 0 aliphatic carbocycles. The largest absolute Gasteiger partial charge is 0.461 e. The normalized spacial score (nSPS) is 11.2. The molecule has 3 nitrogen and oxygen atoms in total. The van der Waals surface area contributed by atoms with Gasteiger partial charge < -0.3 is 10.5 Å². The van der Waals surface area contributed by atoms with Gasteiger partial charge in [-0.1, -0.05) is 27.4 Å². The van der Waals surface area contributed by atoms with Gasteiger partial charge in [0.1, 0.15) is 6.61 Å². The lowest BCUT2D eigenvalue weighted by molar-refractivity contribution is -0.140. The molecule has 0 saturated heterocycles. The van der Waals surface area contributed by atoms with Crippen molar-refractivity contribution in [2.75, 3.05) is 13.2 Å². The minimum absolute atomic E-state index is 0.105. The van der Waals surface area contributed by atoms with Gasteiger partial charge in [0.05, 0.1) is 0 Å². The standard InChI is InChI=1S/C12H23NO2/c1-5-12(6-2,7-3)10(4)11(14)15-9-8-13/h4-9,13H2,1-3H3. The zero-order chi connectivity index (χ0) is 11.9. The Balaban J connectivity index is 4.56. The molecule has 0 heterocycles. The molecule has 0 aliphatic heterocycles. The van der Waals surface area contributed by atoms with Crippen molar-refractivity contribution in [3.05, 3.63) is 12.2 Å². The van der Waals surface area contributed by atoms with Crippen LogP contribution >= 0.6 is 0 Å². The van der Waals surface area contributed by atoms with Crippen LogP contribution in [0, 0.1) is 5.41 Å². The molecule has 0 aromatic carbocycles. The molecule has 0 aromatic heterocycles. The molecule has 0 bridgehead atoms. The Bertz CT molecular complexity index is 211. The summed E-state index contributed by atoms with van der Waals surface area (Å²) in [5.74, 6) is -0.300. The molecule has 2 N–H and O–H groups in total. The summed E-state index contributed by atoms with van der Waals surface area (Å²) in [6, 6.07) is 0. The molecule has 0 amide bonds. The van der Waals surface area contributed by atoms with Gasteiger partial charge in [-0.2, -0.15) is 0 Å². The highest BCUT2D eigenvalue weighted by atomic mass is 16.5. The fraction of sp³-hybridized carbons (Fsp3) is 0.750. The Hall–Kier alpha value is -0.830. The van der Waals surface area contributed by atoms with Crippen molar-refractivity contribution in [3.8, 4) is 0 Å². The number of carbonyl (C=O) groups is 1. The third kappa shape index (κ3) is 3.34. The van der Waals surface area contributed by atoms with Gasteiger partial charge in [0, 0.05) is 17.5 Å². The summed E-state index contributed by atoms with van der Waals surface area (Å²) in [4.78, 5) is 11.6. The Morgan fingerprint density at radius 3 is 2.07 bits per heavy atom. The zero-order valence-electron chi connectivity index (χ0n) is 10.1. The topological polar surface area (TPSA) is 52.3 Å². The number of rotatable bonds is 7. The van der Waals surface area contributed by atoms with Gasteiger partial charge in [-0.05, 0) is 19.3 Å². The van der Waals surface area contributed by atoms with Crippen molar-refractivity contribution in [2.24, 2.45) is 11.1 Å². The van der Waals surface area contributed by atoms with Crippen LogP contribution in [0.3, 0.4) is 0 Å². The first-order valence-corrected chi connectivity index (χ1v) is 5.64. The summed E-state index contributed by atoms with van der Waals surface area (Å²) in [5, 5.41) is 0. The molecule has 0 spiro atoms. The van der Waals surface area contributed by atoms with Crippen LogP contribution in [0.2, 0.25) is 0 Å². The van der Waals surface area contributed by atoms with Gasteiger partial charge in [-0.25, -0.2) is 4.79 Å². The Labute approximate surface area is 92.7 Å². The maximum absolute atomic E-state index is 11.6. The smallest absolute Gasteiger partial charge is 0.334 e. The Morgan fingerprint density at radius 2 is 1.73 bits per heavy atom. The fourth-order valence-corrected chi connectivity index (χ4v) is 1.85. The van der Waals surface area contributed by atoms with Crippen LogP contribution in [-0.4, -0.2) is 19.1 Å². The van der Waals surface area contributed by atoms with Crippen molar-refractivity contribution in [3.63, 3.8) is 0 Å². The van der Waals surface area contributed by atoms with Gasteiger partial charge in [-0.3, -0.25) is 0 Å². The Kier molecular flexibility index (Phi) is 6.25. The third-order valence-corrected chi connectivity index (χ3v) is 3.27. The van der Waals surface area contributed by atoms with Crippen molar-refractivity contribution in [1.82, 2.24) is 0 Å². The van der Waals surface area contributed by atoms with Crippen LogP contribution in [0.25, 0.3) is 0 Å². The van der Waals surface area contributed by atoms with Crippen LogP contribution in [0.1, 0.15) is 40.0 Å². The van der Waals surface area contributed by atoms with Crippen LogP contribution in [0.15, 0.2) is 12.2 Å². The summed E-state index contributed by atoms with van der Waals surface area (Å²) in [6.07, 6.45) is 2.74. The number of ether oxygens (including phenoxy) is 1. The van der Waals surface area contributed by atoms with Crippen LogP contribution in [0.5, 0.6) is 0 Å². The minimum Gasteiger partial charge on any atom is -0.461 e. The molecule has 0 unspecified atom stereocenters. The number of hydrogen-bond donors (Lipinski definition) is 1. The van der Waals surface area contributed by atoms with E-state index in [0.717, 1.165) is 19.3 Å². The van der Waals surface area contributed by atoms with Crippen LogP contribution in [-0.2, 0) is 9.53 Å². The molecular formula is C12H23NO2. The molecule has 0 saturated carbocycles. The quantitative estimate of drug-likeness (QED) is 0.521. The van der Waals surface area contributed by atoms with E-state index in [9.17, 15) is 4.79 Å². The molecule has 15 heavy (non-hydrogen) atoms. The molecule has 88 valence electrons. The lowest BCUT2D eigenvalue weighted by Crippen LogP contribution is -2.27. The highest BCUT2D eigenvalue weighted by Crippen LogP contribution is 2.37. The van der Waals surface area contributed by atoms with Crippen LogP contribution < -0.4 is 5.73 Å². The average Bonchev–Trinajstić information content (AvgIpc) is 2.28. The van der Waals surface area contributed by atoms with E-state index in [1.54, 1.807) is 0 Å². The molecule has 0 rings (SSSR count). The maximum atomic E-state index is 11.6. The van der Waals surface area contributed by atoms with E-state index in [0.29, 0.717) is 12.1 Å². The molecule has 0 fully saturated rings. The molecule has 0 radical (unpaired) electrons. The first-order valence-electron chi connectivity index (χ1n) is 5.64. The van der Waals surface area contributed by atoms with Gasteiger partial charge in [0.25, 0.3) is 0 Å². The summed E-state index contributed by atoms with van der Waals surface area (Å²) in [6.45, 7) is 10.7. The Morgan fingerprint density at radius 1 is 1.27 bits per heavy atom. The van der Waals surface area contributed by atoms with Crippen molar-refractivity contribution in [2.45, 2.75) is 40.0 Å².